The third-order valence-corrected chi connectivity index (χ3v) is 4.11. The van der Waals surface area contributed by atoms with Crippen LogP contribution >= 0.6 is 11.3 Å². The van der Waals surface area contributed by atoms with Crippen LogP contribution < -0.4 is 0 Å². The number of ketones is 1. The number of hydrogen-bond donors (Lipinski definition) is 0. The Bertz CT molecular complexity index is 528. The van der Waals surface area contributed by atoms with Crippen LogP contribution in [0.2, 0.25) is 0 Å². The molecule has 102 valence electrons. The van der Waals surface area contributed by atoms with Gasteiger partial charge in [-0.1, -0.05) is 6.07 Å². The maximum absolute atomic E-state index is 12.3. The van der Waals surface area contributed by atoms with Crippen LogP contribution in [0, 0.1) is 0 Å². The average Bonchev–Trinajstić information content (AvgIpc) is 2.99. The SMILES string of the molecule is CC(C)N(CC(=O)c1cccn1C)Cc1cccs1. The molecule has 0 aliphatic rings. The van der Waals surface area contributed by atoms with Crippen LogP contribution in [0.15, 0.2) is 35.8 Å². The number of thiophene rings is 1. The monoisotopic (exact) mass is 276 g/mol. The van der Waals surface area contributed by atoms with Crippen LogP contribution in [0.4, 0.5) is 0 Å². The summed E-state index contributed by atoms with van der Waals surface area (Å²) in [6, 6.07) is 8.31. The van der Waals surface area contributed by atoms with Gasteiger partial charge in [0, 0.05) is 30.7 Å². The molecule has 0 amide bonds. The van der Waals surface area contributed by atoms with Gasteiger partial charge in [-0.2, -0.15) is 0 Å². The molecule has 2 aromatic rings. The van der Waals surface area contributed by atoms with E-state index in [1.165, 1.54) is 4.88 Å². The Morgan fingerprint density at radius 2 is 2.16 bits per heavy atom. The number of Topliss-reactive ketones (excluding diaryl/α,β-unsaturated/α-hetero) is 1. The van der Waals surface area contributed by atoms with Gasteiger partial charge in [0.15, 0.2) is 5.78 Å². The minimum Gasteiger partial charge on any atom is -0.348 e. The fourth-order valence-corrected chi connectivity index (χ4v) is 2.77. The fraction of sp³-hybridized carbons (Fsp3) is 0.400. The molecule has 0 aliphatic heterocycles. The van der Waals surface area contributed by atoms with E-state index in [1.54, 1.807) is 11.3 Å². The molecular formula is C15H20N2OS. The van der Waals surface area contributed by atoms with Crippen LogP contribution in [0.1, 0.15) is 29.2 Å². The molecule has 4 heteroatoms. The van der Waals surface area contributed by atoms with Gasteiger partial charge in [-0.3, -0.25) is 9.69 Å². The van der Waals surface area contributed by atoms with E-state index < -0.39 is 0 Å². The highest BCUT2D eigenvalue weighted by atomic mass is 32.1. The Kier molecular flexibility index (Phi) is 4.56. The highest BCUT2D eigenvalue weighted by molar-refractivity contribution is 7.09. The summed E-state index contributed by atoms with van der Waals surface area (Å²) >= 11 is 1.74. The van der Waals surface area contributed by atoms with Crippen LogP contribution in [-0.4, -0.2) is 27.8 Å². The van der Waals surface area contributed by atoms with Crippen LogP contribution in [0.25, 0.3) is 0 Å². The fourth-order valence-electron chi connectivity index (χ4n) is 2.04. The van der Waals surface area contributed by atoms with Crippen molar-refractivity contribution in [1.29, 1.82) is 0 Å². The minimum atomic E-state index is 0.178. The van der Waals surface area contributed by atoms with Crippen molar-refractivity contribution in [2.75, 3.05) is 6.54 Å². The summed E-state index contributed by atoms with van der Waals surface area (Å²) < 4.78 is 1.88. The summed E-state index contributed by atoms with van der Waals surface area (Å²) in [6.45, 7) is 5.57. The molecule has 0 aliphatic carbocycles. The summed E-state index contributed by atoms with van der Waals surface area (Å²) in [5, 5.41) is 2.08. The zero-order valence-electron chi connectivity index (χ0n) is 11.7. The lowest BCUT2D eigenvalue weighted by Gasteiger charge is -2.25. The van der Waals surface area contributed by atoms with Gasteiger partial charge in [0.25, 0.3) is 0 Å². The second-order valence-corrected chi connectivity index (χ2v) is 6.04. The quantitative estimate of drug-likeness (QED) is 0.757. The zero-order chi connectivity index (χ0) is 13.8. The van der Waals surface area contributed by atoms with Crippen molar-refractivity contribution in [3.8, 4) is 0 Å². The number of aryl methyl sites for hydroxylation is 1. The molecular weight excluding hydrogens is 256 g/mol. The summed E-state index contributed by atoms with van der Waals surface area (Å²) in [5.74, 6) is 0.178. The number of aromatic nitrogens is 1. The zero-order valence-corrected chi connectivity index (χ0v) is 12.5. The number of nitrogens with zero attached hydrogens (tertiary/aromatic N) is 2. The van der Waals surface area contributed by atoms with Gasteiger partial charge in [0.1, 0.15) is 0 Å². The van der Waals surface area contributed by atoms with E-state index in [4.69, 9.17) is 0 Å². The van der Waals surface area contributed by atoms with Crippen molar-refractivity contribution in [1.82, 2.24) is 9.47 Å². The second-order valence-electron chi connectivity index (χ2n) is 5.01. The first kappa shape index (κ1) is 14.0. The summed E-state index contributed by atoms with van der Waals surface area (Å²) in [4.78, 5) is 15.8. The van der Waals surface area contributed by atoms with Gasteiger partial charge in [-0.25, -0.2) is 0 Å². The van der Waals surface area contributed by atoms with E-state index in [9.17, 15) is 4.79 Å². The van der Waals surface area contributed by atoms with Crippen molar-refractivity contribution in [2.45, 2.75) is 26.4 Å². The van der Waals surface area contributed by atoms with Gasteiger partial charge in [0.05, 0.1) is 12.2 Å². The lowest BCUT2D eigenvalue weighted by Crippen LogP contribution is -2.35. The summed E-state index contributed by atoms with van der Waals surface area (Å²) in [5.41, 5.74) is 0.775. The van der Waals surface area contributed by atoms with Crippen LogP contribution in [0.3, 0.4) is 0 Å². The van der Waals surface area contributed by atoms with Gasteiger partial charge in [-0.05, 0) is 37.4 Å². The maximum atomic E-state index is 12.3. The number of hydrogen-bond acceptors (Lipinski definition) is 3. The molecule has 3 nitrogen and oxygen atoms in total. The Morgan fingerprint density at radius 1 is 1.37 bits per heavy atom. The maximum Gasteiger partial charge on any atom is 0.193 e. The van der Waals surface area contributed by atoms with Gasteiger partial charge >= 0.3 is 0 Å². The lowest BCUT2D eigenvalue weighted by atomic mass is 10.2. The van der Waals surface area contributed by atoms with Crippen molar-refractivity contribution in [3.63, 3.8) is 0 Å². The normalized spacial score (nSPS) is 11.4. The molecule has 0 saturated carbocycles. The van der Waals surface area contributed by atoms with Crippen molar-refractivity contribution in [2.24, 2.45) is 7.05 Å². The van der Waals surface area contributed by atoms with Gasteiger partial charge in [-0.15, -0.1) is 11.3 Å². The van der Waals surface area contributed by atoms with Crippen molar-refractivity contribution >= 4 is 17.1 Å². The average molecular weight is 276 g/mol. The molecule has 0 atom stereocenters. The molecule has 0 spiro atoms. The molecule has 19 heavy (non-hydrogen) atoms. The topological polar surface area (TPSA) is 25.2 Å². The Hall–Kier alpha value is -1.39. The first-order chi connectivity index (χ1) is 9.08. The van der Waals surface area contributed by atoms with Crippen molar-refractivity contribution in [3.05, 3.63) is 46.4 Å². The first-order valence-corrected chi connectivity index (χ1v) is 7.37. The molecule has 0 aromatic carbocycles. The van der Waals surface area contributed by atoms with Gasteiger partial charge in [0.2, 0.25) is 0 Å². The third kappa shape index (κ3) is 3.55. The molecule has 2 rings (SSSR count). The second kappa shape index (κ2) is 6.17. The molecule has 0 fully saturated rings. The number of carbonyl (C=O) groups is 1. The van der Waals surface area contributed by atoms with Crippen molar-refractivity contribution < 1.29 is 4.79 Å². The van der Waals surface area contributed by atoms with E-state index >= 15 is 0 Å². The predicted octanol–water partition coefficient (Wildman–Crippen LogP) is 3.18. The third-order valence-electron chi connectivity index (χ3n) is 3.25. The minimum absolute atomic E-state index is 0.178. The molecule has 2 heterocycles. The standard InChI is InChI=1S/C15H20N2OS/c1-12(2)17(10-13-6-5-9-19-13)11-15(18)14-7-4-8-16(14)3/h4-9,12H,10-11H2,1-3H3. The smallest absolute Gasteiger partial charge is 0.193 e. The number of carbonyl (C=O) groups excluding carboxylic acids is 1. The molecule has 0 saturated heterocycles. The van der Waals surface area contributed by atoms with E-state index in [0.29, 0.717) is 12.6 Å². The largest absolute Gasteiger partial charge is 0.348 e. The molecule has 2 aromatic heterocycles. The number of rotatable bonds is 6. The predicted molar refractivity (Wildman–Crippen MR) is 79.6 cm³/mol. The molecule has 0 radical (unpaired) electrons. The summed E-state index contributed by atoms with van der Waals surface area (Å²) in [7, 11) is 1.91. The first-order valence-electron chi connectivity index (χ1n) is 6.49. The van der Waals surface area contributed by atoms with E-state index in [2.05, 4.69) is 36.3 Å². The van der Waals surface area contributed by atoms with E-state index in [-0.39, 0.29) is 5.78 Å². The lowest BCUT2D eigenvalue weighted by molar-refractivity contribution is 0.0891. The Balaban J connectivity index is 2.05. The molecule has 0 bridgehead atoms. The highest BCUT2D eigenvalue weighted by Gasteiger charge is 2.17. The Morgan fingerprint density at radius 3 is 2.68 bits per heavy atom. The van der Waals surface area contributed by atoms with Crippen LogP contribution in [0.5, 0.6) is 0 Å². The molecule has 0 N–H and O–H groups in total. The van der Waals surface area contributed by atoms with Crippen LogP contribution in [-0.2, 0) is 13.6 Å². The highest BCUT2D eigenvalue weighted by Crippen LogP contribution is 2.14. The van der Waals surface area contributed by atoms with Gasteiger partial charge < -0.3 is 4.57 Å². The Labute approximate surface area is 118 Å². The summed E-state index contributed by atoms with van der Waals surface area (Å²) in [6.07, 6.45) is 1.91. The van der Waals surface area contributed by atoms with E-state index in [1.807, 2.05) is 29.9 Å². The molecule has 0 unspecified atom stereocenters. The van der Waals surface area contributed by atoms with E-state index in [0.717, 1.165) is 12.2 Å².